The van der Waals surface area contributed by atoms with Crippen molar-refractivity contribution in [2.45, 2.75) is 39.2 Å². The van der Waals surface area contributed by atoms with Gasteiger partial charge in [0.2, 0.25) is 0 Å². The maximum absolute atomic E-state index is 5.71. The minimum absolute atomic E-state index is 0.670. The van der Waals surface area contributed by atoms with Crippen LogP contribution < -0.4 is 5.73 Å². The van der Waals surface area contributed by atoms with Crippen molar-refractivity contribution in [3.63, 3.8) is 0 Å². The topological polar surface area (TPSA) is 55.0 Å². The van der Waals surface area contributed by atoms with E-state index in [4.69, 9.17) is 5.73 Å². The van der Waals surface area contributed by atoms with E-state index in [9.17, 15) is 0 Å². The third-order valence-corrected chi connectivity index (χ3v) is 3.60. The van der Waals surface area contributed by atoms with E-state index in [2.05, 4.69) is 28.9 Å². The number of hydrogen-bond donors (Lipinski definition) is 1. The molecule has 94 valence electrons. The standard InChI is InChI=1S/C13H22N4/c1-10(2)17-5-3-11(4-6-17)7-13-8-12(14)9-15-16-13/h8-11H,3-7H2,1-2H3,(H2,14,16). The molecular formula is C13H22N4. The van der Waals surface area contributed by atoms with Gasteiger partial charge in [0, 0.05) is 6.04 Å². The van der Waals surface area contributed by atoms with Gasteiger partial charge < -0.3 is 10.6 Å². The molecule has 0 spiro atoms. The molecule has 0 bridgehead atoms. The lowest BCUT2D eigenvalue weighted by molar-refractivity contribution is 0.149. The predicted molar refractivity (Wildman–Crippen MR) is 69.6 cm³/mol. The molecule has 0 aliphatic carbocycles. The molecular weight excluding hydrogens is 212 g/mol. The molecule has 1 saturated heterocycles. The largest absolute Gasteiger partial charge is 0.397 e. The van der Waals surface area contributed by atoms with Crippen molar-refractivity contribution >= 4 is 5.69 Å². The van der Waals surface area contributed by atoms with E-state index in [0.717, 1.165) is 23.7 Å². The molecule has 1 aromatic rings. The fourth-order valence-corrected chi connectivity index (χ4v) is 2.50. The van der Waals surface area contributed by atoms with Gasteiger partial charge in [-0.05, 0) is 58.2 Å². The number of nitrogen functional groups attached to an aromatic ring is 1. The van der Waals surface area contributed by atoms with E-state index in [1.54, 1.807) is 6.20 Å². The van der Waals surface area contributed by atoms with E-state index in [1.165, 1.54) is 25.9 Å². The van der Waals surface area contributed by atoms with Crippen LogP contribution in [-0.2, 0) is 6.42 Å². The highest BCUT2D eigenvalue weighted by atomic mass is 15.1. The van der Waals surface area contributed by atoms with E-state index >= 15 is 0 Å². The Bertz CT molecular complexity index is 356. The second kappa shape index (κ2) is 5.45. The zero-order chi connectivity index (χ0) is 12.3. The van der Waals surface area contributed by atoms with Crippen LogP contribution in [0.25, 0.3) is 0 Å². The Morgan fingerprint density at radius 3 is 2.71 bits per heavy atom. The SMILES string of the molecule is CC(C)N1CCC(Cc2cc(N)cnn2)CC1. The van der Waals surface area contributed by atoms with Gasteiger partial charge in [0.05, 0.1) is 17.6 Å². The summed E-state index contributed by atoms with van der Waals surface area (Å²) in [5.74, 6) is 0.737. The van der Waals surface area contributed by atoms with Gasteiger partial charge in [-0.3, -0.25) is 0 Å². The Labute approximate surface area is 103 Å². The third-order valence-electron chi connectivity index (χ3n) is 3.60. The molecule has 2 rings (SSSR count). The van der Waals surface area contributed by atoms with Crippen LogP contribution in [0.15, 0.2) is 12.3 Å². The van der Waals surface area contributed by atoms with Gasteiger partial charge in [-0.15, -0.1) is 0 Å². The highest BCUT2D eigenvalue weighted by Crippen LogP contribution is 2.22. The third kappa shape index (κ3) is 3.40. The predicted octanol–water partition coefficient (Wildman–Crippen LogP) is 1.72. The number of hydrogen-bond acceptors (Lipinski definition) is 4. The molecule has 0 unspecified atom stereocenters. The zero-order valence-corrected chi connectivity index (χ0v) is 10.8. The summed E-state index contributed by atoms with van der Waals surface area (Å²) in [6.07, 6.45) is 5.14. The Hall–Kier alpha value is -1.16. The Kier molecular flexibility index (Phi) is 3.94. The summed E-state index contributed by atoms with van der Waals surface area (Å²) in [5, 5.41) is 8.05. The van der Waals surface area contributed by atoms with Crippen molar-refractivity contribution in [2.24, 2.45) is 5.92 Å². The molecule has 17 heavy (non-hydrogen) atoms. The number of anilines is 1. The molecule has 1 aromatic heterocycles. The van der Waals surface area contributed by atoms with Crippen molar-refractivity contribution in [2.75, 3.05) is 18.8 Å². The van der Waals surface area contributed by atoms with Gasteiger partial charge in [0.25, 0.3) is 0 Å². The number of piperidine rings is 1. The summed E-state index contributed by atoms with van der Waals surface area (Å²) in [4.78, 5) is 2.54. The fraction of sp³-hybridized carbons (Fsp3) is 0.692. The second-order valence-corrected chi connectivity index (χ2v) is 5.26. The lowest BCUT2D eigenvalue weighted by Gasteiger charge is -2.34. The Morgan fingerprint density at radius 1 is 1.41 bits per heavy atom. The molecule has 0 saturated carbocycles. The van der Waals surface area contributed by atoms with Crippen LogP contribution in [0.2, 0.25) is 0 Å². The molecule has 1 fully saturated rings. The van der Waals surface area contributed by atoms with Gasteiger partial charge >= 0.3 is 0 Å². The van der Waals surface area contributed by atoms with Gasteiger partial charge in [-0.1, -0.05) is 0 Å². The van der Waals surface area contributed by atoms with Crippen LogP contribution in [-0.4, -0.2) is 34.2 Å². The lowest BCUT2D eigenvalue weighted by atomic mass is 9.91. The molecule has 2 N–H and O–H groups in total. The monoisotopic (exact) mass is 234 g/mol. The van der Waals surface area contributed by atoms with Gasteiger partial charge in [-0.2, -0.15) is 10.2 Å². The quantitative estimate of drug-likeness (QED) is 0.865. The van der Waals surface area contributed by atoms with Crippen LogP contribution in [0, 0.1) is 5.92 Å². The van der Waals surface area contributed by atoms with Gasteiger partial charge in [-0.25, -0.2) is 0 Å². The average Bonchev–Trinajstić information content (AvgIpc) is 2.29. The van der Waals surface area contributed by atoms with Crippen LogP contribution in [0.3, 0.4) is 0 Å². The minimum Gasteiger partial charge on any atom is -0.397 e. The maximum atomic E-state index is 5.71. The smallest absolute Gasteiger partial charge is 0.0726 e. The molecule has 0 amide bonds. The first-order valence-electron chi connectivity index (χ1n) is 6.46. The molecule has 0 atom stereocenters. The number of aromatic nitrogens is 2. The number of nitrogens with two attached hydrogens (primary N) is 1. The van der Waals surface area contributed by atoms with Crippen LogP contribution >= 0.6 is 0 Å². The summed E-state index contributed by atoms with van der Waals surface area (Å²) >= 11 is 0. The van der Waals surface area contributed by atoms with Crippen molar-refractivity contribution in [1.82, 2.24) is 15.1 Å². The second-order valence-electron chi connectivity index (χ2n) is 5.26. The first kappa shape index (κ1) is 12.3. The van der Waals surface area contributed by atoms with E-state index in [1.807, 2.05) is 6.07 Å². The summed E-state index contributed by atoms with van der Waals surface area (Å²) in [7, 11) is 0. The van der Waals surface area contributed by atoms with E-state index in [0.29, 0.717) is 6.04 Å². The van der Waals surface area contributed by atoms with Crippen molar-refractivity contribution in [3.8, 4) is 0 Å². The summed E-state index contributed by atoms with van der Waals surface area (Å²) < 4.78 is 0. The average molecular weight is 234 g/mol. The molecule has 2 heterocycles. The van der Waals surface area contributed by atoms with Crippen molar-refractivity contribution in [1.29, 1.82) is 0 Å². The molecule has 1 aliphatic rings. The maximum Gasteiger partial charge on any atom is 0.0726 e. The van der Waals surface area contributed by atoms with Gasteiger partial charge in [0.15, 0.2) is 0 Å². The van der Waals surface area contributed by atoms with E-state index in [-0.39, 0.29) is 0 Å². The lowest BCUT2D eigenvalue weighted by Crippen LogP contribution is -2.38. The number of rotatable bonds is 3. The normalized spacial score (nSPS) is 18.8. The van der Waals surface area contributed by atoms with Crippen LogP contribution in [0.1, 0.15) is 32.4 Å². The fourth-order valence-electron chi connectivity index (χ4n) is 2.50. The first-order valence-corrected chi connectivity index (χ1v) is 6.46. The summed E-state index contributed by atoms with van der Waals surface area (Å²) in [5.41, 5.74) is 7.47. The zero-order valence-electron chi connectivity index (χ0n) is 10.8. The highest BCUT2D eigenvalue weighted by Gasteiger charge is 2.21. The Morgan fingerprint density at radius 2 is 2.12 bits per heavy atom. The molecule has 0 aromatic carbocycles. The number of likely N-dealkylation sites (tertiary alicyclic amines) is 1. The van der Waals surface area contributed by atoms with Crippen molar-refractivity contribution in [3.05, 3.63) is 18.0 Å². The number of nitrogens with zero attached hydrogens (tertiary/aromatic N) is 3. The summed E-state index contributed by atoms with van der Waals surface area (Å²) in [6, 6.07) is 2.62. The van der Waals surface area contributed by atoms with Crippen molar-refractivity contribution < 1.29 is 0 Å². The first-order chi connectivity index (χ1) is 8.15. The van der Waals surface area contributed by atoms with Crippen LogP contribution in [0.4, 0.5) is 5.69 Å². The Balaban J connectivity index is 1.86. The van der Waals surface area contributed by atoms with Crippen LogP contribution in [0.5, 0.6) is 0 Å². The molecule has 4 heteroatoms. The highest BCUT2D eigenvalue weighted by molar-refractivity contribution is 5.34. The van der Waals surface area contributed by atoms with E-state index < -0.39 is 0 Å². The molecule has 1 aliphatic heterocycles. The minimum atomic E-state index is 0.670. The molecule has 4 nitrogen and oxygen atoms in total. The summed E-state index contributed by atoms with van der Waals surface area (Å²) in [6.45, 7) is 6.95. The molecule has 0 radical (unpaired) electrons. The van der Waals surface area contributed by atoms with Gasteiger partial charge in [0.1, 0.15) is 0 Å².